The molecule has 4 atom stereocenters. The number of aliphatic hydroxyl groups excluding tert-OH is 1. The van der Waals surface area contributed by atoms with Crippen molar-refractivity contribution in [3.63, 3.8) is 0 Å². The highest BCUT2D eigenvalue weighted by Crippen LogP contribution is 2.28. The van der Waals surface area contributed by atoms with E-state index in [9.17, 15) is 28.3 Å². The summed E-state index contributed by atoms with van der Waals surface area (Å²) >= 11 is 0. The quantitative estimate of drug-likeness (QED) is 0.489. The second-order valence-corrected chi connectivity index (χ2v) is 12.1. The van der Waals surface area contributed by atoms with Crippen LogP contribution in [0.5, 0.6) is 0 Å². The zero-order valence-corrected chi connectivity index (χ0v) is 23.9. The van der Waals surface area contributed by atoms with Crippen LogP contribution in [-0.2, 0) is 14.3 Å². The van der Waals surface area contributed by atoms with Gasteiger partial charge < -0.3 is 25.4 Å². The Labute approximate surface area is 233 Å². The first kappa shape index (κ1) is 30.9. The number of carbonyl (C=O) groups is 3. The number of nitrogens with one attached hydrogen (secondary N) is 2. The molecule has 11 heteroatoms. The number of pyridine rings is 1. The van der Waals surface area contributed by atoms with Gasteiger partial charge in [-0.3, -0.25) is 14.6 Å². The van der Waals surface area contributed by atoms with E-state index in [4.69, 9.17) is 4.74 Å². The van der Waals surface area contributed by atoms with Gasteiger partial charge in [-0.1, -0.05) is 32.9 Å². The molecule has 3 rings (SSSR count). The van der Waals surface area contributed by atoms with E-state index in [2.05, 4.69) is 15.6 Å². The fourth-order valence-corrected chi connectivity index (χ4v) is 4.51. The van der Waals surface area contributed by atoms with Crippen LogP contribution in [0, 0.1) is 17.0 Å². The number of nitrogens with zero attached hydrogens (tertiary/aromatic N) is 2. The molecular formula is C29H38F2N4O5. The lowest BCUT2D eigenvalue weighted by Crippen LogP contribution is -2.58. The minimum absolute atomic E-state index is 0.0204. The van der Waals surface area contributed by atoms with Crippen LogP contribution in [0.3, 0.4) is 0 Å². The van der Waals surface area contributed by atoms with E-state index in [0.717, 1.165) is 12.1 Å². The second-order valence-electron chi connectivity index (χ2n) is 12.1. The van der Waals surface area contributed by atoms with Crippen LogP contribution in [0.15, 0.2) is 36.5 Å². The van der Waals surface area contributed by atoms with Crippen molar-refractivity contribution in [2.75, 3.05) is 6.54 Å². The van der Waals surface area contributed by atoms with Crippen LogP contribution in [0.4, 0.5) is 13.6 Å². The number of rotatable bonds is 6. The van der Waals surface area contributed by atoms with Gasteiger partial charge in [0.25, 0.3) is 0 Å². The summed E-state index contributed by atoms with van der Waals surface area (Å²) in [6.07, 6.45) is -0.345. The summed E-state index contributed by atoms with van der Waals surface area (Å²) in [5.41, 5.74) is -1.00. The van der Waals surface area contributed by atoms with Gasteiger partial charge in [-0.2, -0.15) is 0 Å². The Morgan fingerprint density at radius 3 is 2.20 bits per heavy atom. The Morgan fingerprint density at radius 2 is 1.68 bits per heavy atom. The fraction of sp³-hybridized carbons (Fsp3) is 0.517. The van der Waals surface area contributed by atoms with E-state index in [1.165, 1.54) is 23.2 Å². The summed E-state index contributed by atoms with van der Waals surface area (Å²) in [6, 6.07) is 4.04. The van der Waals surface area contributed by atoms with Crippen molar-refractivity contribution < 1.29 is 33.0 Å². The molecule has 1 fully saturated rings. The molecule has 2 aromatic rings. The maximum Gasteiger partial charge on any atom is 0.408 e. The minimum Gasteiger partial charge on any atom is -0.444 e. The molecule has 0 aliphatic carbocycles. The molecule has 1 aromatic heterocycles. The molecule has 0 radical (unpaired) electrons. The SMILES string of the molecule is C[C@H](NC(=O)[C@@H]1C[C@@H](O)CN1C(=O)[C@@H](NC(=O)OC(C)(C)C)C(C)(C)C)c1ccc(-c2c(F)cccc2F)cn1. The number of likely N-dealkylation sites (tertiary alicyclic amines) is 1. The number of hydrogen-bond acceptors (Lipinski definition) is 6. The smallest absolute Gasteiger partial charge is 0.408 e. The molecule has 2 heterocycles. The van der Waals surface area contributed by atoms with Crippen LogP contribution in [0.25, 0.3) is 11.1 Å². The Morgan fingerprint density at radius 1 is 1.05 bits per heavy atom. The molecule has 1 saturated heterocycles. The summed E-state index contributed by atoms with van der Waals surface area (Å²) in [4.78, 5) is 45.0. The predicted molar refractivity (Wildman–Crippen MR) is 145 cm³/mol. The van der Waals surface area contributed by atoms with Crippen LogP contribution in [0.2, 0.25) is 0 Å². The zero-order valence-electron chi connectivity index (χ0n) is 23.9. The van der Waals surface area contributed by atoms with E-state index < -0.39 is 64.8 Å². The molecule has 218 valence electrons. The van der Waals surface area contributed by atoms with Crippen molar-refractivity contribution in [1.29, 1.82) is 0 Å². The largest absolute Gasteiger partial charge is 0.444 e. The summed E-state index contributed by atoms with van der Waals surface area (Å²) < 4.78 is 33.6. The molecular weight excluding hydrogens is 522 g/mol. The van der Waals surface area contributed by atoms with Gasteiger partial charge in [-0.25, -0.2) is 13.6 Å². The molecule has 9 nitrogen and oxygen atoms in total. The lowest BCUT2D eigenvalue weighted by atomic mass is 9.85. The average Bonchev–Trinajstić information content (AvgIpc) is 3.22. The maximum atomic E-state index is 14.1. The van der Waals surface area contributed by atoms with E-state index in [-0.39, 0.29) is 24.1 Å². The minimum atomic E-state index is -1.02. The van der Waals surface area contributed by atoms with E-state index in [1.54, 1.807) is 54.5 Å². The fourth-order valence-electron chi connectivity index (χ4n) is 4.51. The van der Waals surface area contributed by atoms with E-state index in [0.29, 0.717) is 5.69 Å². The highest BCUT2D eigenvalue weighted by Gasteiger charge is 2.45. The third-order valence-corrected chi connectivity index (χ3v) is 6.48. The average molecular weight is 561 g/mol. The van der Waals surface area contributed by atoms with E-state index >= 15 is 0 Å². The lowest BCUT2D eigenvalue weighted by molar-refractivity contribution is -0.142. The van der Waals surface area contributed by atoms with Gasteiger partial charge in [0.1, 0.15) is 29.3 Å². The first-order valence-corrected chi connectivity index (χ1v) is 13.2. The van der Waals surface area contributed by atoms with Gasteiger partial charge in [0.15, 0.2) is 0 Å². The summed E-state index contributed by atoms with van der Waals surface area (Å²) in [7, 11) is 0. The molecule has 3 amide bonds. The van der Waals surface area contributed by atoms with Crippen molar-refractivity contribution in [3.8, 4) is 11.1 Å². The number of β-amino-alcohol motifs (C(OH)–C–C–N with tert-alkyl or cyclic N) is 1. The molecule has 1 aromatic carbocycles. The highest BCUT2D eigenvalue weighted by molar-refractivity contribution is 5.92. The van der Waals surface area contributed by atoms with Gasteiger partial charge in [0.05, 0.1) is 23.4 Å². The number of aromatic nitrogens is 1. The Balaban J connectivity index is 1.74. The summed E-state index contributed by atoms with van der Waals surface area (Å²) in [5, 5.41) is 15.8. The molecule has 1 aliphatic rings. The highest BCUT2D eigenvalue weighted by atomic mass is 19.1. The summed E-state index contributed by atoms with van der Waals surface area (Å²) in [6.45, 7) is 12.1. The van der Waals surface area contributed by atoms with Crippen LogP contribution in [0.1, 0.15) is 66.6 Å². The number of alkyl carbamates (subject to hydrolysis) is 1. The third-order valence-electron chi connectivity index (χ3n) is 6.48. The number of hydrogen-bond donors (Lipinski definition) is 3. The number of ether oxygens (including phenoxy) is 1. The monoisotopic (exact) mass is 560 g/mol. The van der Waals surface area contributed by atoms with Crippen molar-refractivity contribution in [2.24, 2.45) is 5.41 Å². The van der Waals surface area contributed by atoms with Crippen LogP contribution < -0.4 is 10.6 Å². The molecule has 0 unspecified atom stereocenters. The Bertz CT molecular complexity index is 1220. The summed E-state index contributed by atoms with van der Waals surface area (Å²) in [5.74, 6) is -2.45. The lowest BCUT2D eigenvalue weighted by Gasteiger charge is -2.35. The second kappa shape index (κ2) is 11.9. The Kier molecular flexibility index (Phi) is 9.18. The number of halogens is 2. The number of amides is 3. The topological polar surface area (TPSA) is 121 Å². The van der Waals surface area contributed by atoms with Crippen LogP contribution >= 0.6 is 0 Å². The number of aliphatic hydroxyl groups is 1. The van der Waals surface area contributed by atoms with Crippen molar-refractivity contribution in [1.82, 2.24) is 20.5 Å². The third kappa shape index (κ3) is 7.53. The standard InChI is InChI=1S/C29H38F2N4O5/c1-16(21-12-11-17(14-32-21)23-19(30)9-8-10-20(23)31)33-25(37)22-13-18(36)15-35(22)26(38)24(28(2,3)4)34-27(39)40-29(5,6)7/h8-12,14,16,18,22,24,36H,13,15H2,1-7H3,(H,33,37)(H,34,39)/t16-,18+,22-,24+/m0/s1. The maximum absolute atomic E-state index is 14.1. The molecule has 0 saturated carbocycles. The van der Waals surface area contributed by atoms with Crippen molar-refractivity contribution in [3.05, 3.63) is 53.9 Å². The first-order valence-electron chi connectivity index (χ1n) is 13.2. The first-order chi connectivity index (χ1) is 18.5. The molecule has 3 N–H and O–H groups in total. The van der Waals surface area contributed by atoms with Gasteiger partial charge in [-0.15, -0.1) is 0 Å². The van der Waals surface area contributed by atoms with Crippen molar-refractivity contribution >= 4 is 17.9 Å². The molecule has 1 aliphatic heterocycles. The predicted octanol–water partition coefficient (Wildman–Crippen LogP) is 4.11. The Hall–Kier alpha value is -3.60. The van der Waals surface area contributed by atoms with Gasteiger partial charge in [0, 0.05) is 24.7 Å². The van der Waals surface area contributed by atoms with Gasteiger partial charge in [0.2, 0.25) is 11.8 Å². The number of benzene rings is 1. The van der Waals surface area contributed by atoms with Crippen molar-refractivity contribution in [2.45, 2.75) is 84.7 Å². The van der Waals surface area contributed by atoms with E-state index in [1.807, 2.05) is 0 Å². The molecule has 0 spiro atoms. The van der Waals surface area contributed by atoms with Gasteiger partial charge >= 0.3 is 6.09 Å². The van der Waals surface area contributed by atoms with Gasteiger partial charge in [-0.05, 0) is 51.3 Å². The zero-order chi connectivity index (χ0) is 30.0. The number of carbonyl (C=O) groups excluding carboxylic acids is 3. The molecule has 0 bridgehead atoms. The van der Waals surface area contributed by atoms with Crippen LogP contribution in [-0.4, -0.2) is 63.2 Å². The molecule has 40 heavy (non-hydrogen) atoms. The normalized spacial score (nSPS) is 19.1.